The summed E-state index contributed by atoms with van der Waals surface area (Å²) in [6, 6.07) is 7.00. The highest BCUT2D eigenvalue weighted by molar-refractivity contribution is 7.80. The summed E-state index contributed by atoms with van der Waals surface area (Å²) in [4.78, 5) is 24.1. The number of thiocarbonyl (C=S) groups is 1. The van der Waals surface area contributed by atoms with Crippen LogP contribution in [0.1, 0.15) is 49.4 Å². The smallest absolute Gasteiger partial charge is 0.253 e. The van der Waals surface area contributed by atoms with Crippen molar-refractivity contribution >= 4 is 34.8 Å². The van der Waals surface area contributed by atoms with Crippen molar-refractivity contribution in [3.05, 3.63) is 29.8 Å². The van der Waals surface area contributed by atoms with E-state index >= 15 is 0 Å². The molecule has 0 heterocycles. The molecule has 0 spiro atoms. The summed E-state index contributed by atoms with van der Waals surface area (Å²) >= 11 is 5.17. The Morgan fingerprint density at radius 3 is 2.64 bits per heavy atom. The van der Waals surface area contributed by atoms with E-state index in [1.54, 1.807) is 31.4 Å². The third-order valence-corrected chi connectivity index (χ3v) is 3.73. The van der Waals surface area contributed by atoms with Gasteiger partial charge in [0.15, 0.2) is 5.11 Å². The first-order valence-corrected chi connectivity index (χ1v) is 8.96. The van der Waals surface area contributed by atoms with Crippen LogP contribution >= 0.6 is 12.2 Å². The molecule has 0 aromatic heterocycles. The Morgan fingerprint density at radius 2 is 1.92 bits per heavy atom. The van der Waals surface area contributed by atoms with Crippen LogP contribution < -0.4 is 16.0 Å². The summed E-state index contributed by atoms with van der Waals surface area (Å²) in [6.45, 7) is 2.98. The first kappa shape index (κ1) is 21.1. The lowest BCUT2D eigenvalue weighted by molar-refractivity contribution is -0.119. The molecule has 0 saturated carbocycles. The van der Waals surface area contributed by atoms with Crippen LogP contribution in [-0.4, -0.2) is 37.2 Å². The number of unbranched alkanes of at least 4 members (excludes halogenated alkanes) is 3. The third-order valence-electron chi connectivity index (χ3n) is 3.52. The largest absolute Gasteiger partial charge is 0.383 e. The average Bonchev–Trinajstić information content (AvgIpc) is 2.59. The molecule has 7 heteroatoms. The van der Waals surface area contributed by atoms with Gasteiger partial charge in [0.25, 0.3) is 5.91 Å². The number of carbonyl (C=O) groups excluding carboxylic acids is 2. The highest BCUT2D eigenvalue weighted by Crippen LogP contribution is 2.14. The Balaban J connectivity index is 2.53. The quantitative estimate of drug-likeness (QED) is 0.439. The zero-order valence-corrected chi connectivity index (χ0v) is 15.7. The number of methoxy groups -OCH3 is 1. The number of hydrogen-bond acceptors (Lipinski definition) is 4. The van der Waals surface area contributed by atoms with Gasteiger partial charge in [0.2, 0.25) is 5.91 Å². The van der Waals surface area contributed by atoms with Gasteiger partial charge in [0, 0.05) is 20.1 Å². The maximum absolute atomic E-state index is 12.2. The summed E-state index contributed by atoms with van der Waals surface area (Å²) in [5.74, 6) is -0.343. The molecule has 2 amide bonds. The van der Waals surface area contributed by atoms with Crippen molar-refractivity contribution in [2.24, 2.45) is 0 Å². The Kier molecular flexibility index (Phi) is 10.4. The Hall–Kier alpha value is -1.99. The fraction of sp³-hybridized carbons (Fsp3) is 0.500. The van der Waals surface area contributed by atoms with Gasteiger partial charge in [-0.15, -0.1) is 0 Å². The van der Waals surface area contributed by atoms with Gasteiger partial charge in [-0.2, -0.15) is 0 Å². The minimum atomic E-state index is -0.228. The van der Waals surface area contributed by atoms with Crippen LogP contribution in [0.25, 0.3) is 0 Å². The van der Waals surface area contributed by atoms with Crippen molar-refractivity contribution in [3.63, 3.8) is 0 Å². The van der Waals surface area contributed by atoms with E-state index in [-0.39, 0.29) is 16.9 Å². The first-order valence-electron chi connectivity index (χ1n) is 8.55. The lowest BCUT2D eigenvalue weighted by atomic mass is 10.1. The van der Waals surface area contributed by atoms with Gasteiger partial charge in [-0.05, 0) is 30.8 Å². The molecule has 0 aliphatic heterocycles. The van der Waals surface area contributed by atoms with Gasteiger partial charge in [-0.25, -0.2) is 0 Å². The number of nitrogens with one attached hydrogen (secondary N) is 3. The molecule has 6 nitrogen and oxygen atoms in total. The van der Waals surface area contributed by atoms with Gasteiger partial charge in [0.05, 0.1) is 17.9 Å². The molecule has 0 bridgehead atoms. The molecule has 0 aliphatic carbocycles. The maximum Gasteiger partial charge on any atom is 0.253 e. The van der Waals surface area contributed by atoms with Crippen LogP contribution in [0, 0.1) is 0 Å². The number of ether oxygens (including phenoxy) is 1. The summed E-state index contributed by atoms with van der Waals surface area (Å²) < 4.78 is 4.92. The molecule has 0 fully saturated rings. The second-order valence-electron chi connectivity index (χ2n) is 5.61. The average molecular weight is 365 g/mol. The number of anilines is 1. The number of para-hydroxylation sites is 1. The zero-order chi connectivity index (χ0) is 18.5. The fourth-order valence-electron chi connectivity index (χ4n) is 2.21. The van der Waals surface area contributed by atoms with E-state index in [0.717, 1.165) is 25.7 Å². The Morgan fingerprint density at radius 1 is 1.16 bits per heavy atom. The van der Waals surface area contributed by atoms with E-state index in [1.165, 1.54) is 0 Å². The molecular formula is C18H27N3O3S. The van der Waals surface area contributed by atoms with E-state index in [1.807, 2.05) is 0 Å². The molecule has 0 aliphatic rings. The van der Waals surface area contributed by atoms with Crippen LogP contribution in [0.2, 0.25) is 0 Å². The van der Waals surface area contributed by atoms with Crippen LogP contribution in [0.5, 0.6) is 0 Å². The number of benzene rings is 1. The summed E-state index contributed by atoms with van der Waals surface area (Å²) in [6.07, 6.45) is 4.59. The third kappa shape index (κ3) is 8.60. The number of rotatable bonds is 10. The second-order valence-corrected chi connectivity index (χ2v) is 6.02. The molecule has 1 aromatic carbocycles. The van der Waals surface area contributed by atoms with E-state index in [9.17, 15) is 9.59 Å². The highest BCUT2D eigenvalue weighted by atomic mass is 32.1. The van der Waals surface area contributed by atoms with Crippen molar-refractivity contribution in [2.45, 2.75) is 39.0 Å². The van der Waals surface area contributed by atoms with Gasteiger partial charge >= 0.3 is 0 Å². The lowest BCUT2D eigenvalue weighted by Gasteiger charge is -2.13. The molecule has 138 valence electrons. The molecule has 25 heavy (non-hydrogen) atoms. The molecule has 1 rings (SSSR count). The molecule has 1 aromatic rings. The minimum Gasteiger partial charge on any atom is -0.383 e. The van der Waals surface area contributed by atoms with E-state index in [4.69, 9.17) is 17.0 Å². The molecule has 0 radical (unpaired) electrons. The summed E-state index contributed by atoms with van der Waals surface area (Å²) in [7, 11) is 1.57. The number of amides is 2. The number of carbonyl (C=O) groups is 2. The van der Waals surface area contributed by atoms with Crippen molar-refractivity contribution in [1.29, 1.82) is 0 Å². The Labute approximate surface area is 154 Å². The molecule has 3 N–H and O–H groups in total. The predicted molar refractivity (Wildman–Crippen MR) is 104 cm³/mol. The van der Waals surface area contributed by atoms with Gasteiger partial charge in [0.1, 0.15) is 0 Å². The molecule has 0 saturated heterocycles. The topological polar surface area (TPSA) is 79.5 Å². The summed E-state index contributed by atoms with van der Waals surface area (Å²) in [5, 5.41) is 8.53. The van der Waals surface area contributed by atoms with Crippen molar-refractivity contribution in [3.8, 4) is 0 Å². The van der Waals surface area contributed by atoms with Crippen molar-refractivity contribution < 1.29 is 14.3 Å². The predicted octanol–water partition coefficient (Wildman–Crippen LogP) is 2.85. The Bertz CT molecular complexity index is 578. The van der Waals surface area contributed by atoms with Gasteiger partial charge < -0.3 is 20.7 Å². The molecular weight excluding hydrogens is 338 g/mol. The molecule has 0 unspecified atom stereocenters. The van der Waals surface area contributed by atoms with E-state index in [0.29, 0.717) is 30.8 Å². The highest BCUT2D eigenvalue weighted by Gasteiger charge is 2.12. The zero-order valence-electron chi connectivity index (χ0n) is 14.9. The normalized spacial score (nSPS) is 10.2. The lowest BCUT2D eigenvalue weighted by Crippen LogP contribution is -2.35. The van der Waals surface area contributed by atoms with Crippen LogP contribution in [0.4, 0.5) is 5.69 Å². The minimum absolute atomic E-state index is 0.115. The van der Waals surface area contributed by atoms with Crippen LogP contribution in [0.3, 0.4) is 0 Å². The van der Waals surface area contributed by atoms with E-state index < -0.39 is 0 Å². The van der Waals surface area contributed by atoms with Crippen molar-refractivity contribution in [2.75, 3.05) is 25.6 Å². The first-order chi connectivity index (χ1) is 12.1. The van der Waals surface area contributed by atoms with Crippen molar-refractivity contribution in [1.82, 2.24) is 10.6 Å². The molecule has 0 atom stereocenters. The number of hydrogen-bond donors (Lipinski definition) is 3. The van der Waals surface area contributed by atoms with Gasteiger partial charge in [-0.3, -0.25) is 9.59 Å². The fourth-order valence-corrected chi connectivity index (χ4v) is 2.43. The standard InChI is InChI=1S/C18H27N3O3S/c1-3-4-5-6-11-16(22)21-18(25)20-15-10-8-7-9-14(15)17(23)19-12-13-24-2/h7-10H,3-6,11-13H2,1-2H3,(H,19,23)(H2,20,21,22,25). The second kappa shape index (κ2) is 12.4. The van der Waals surface area contributed by atoms with Crippen LogP contribution in [-0.2, 0) is 9.53 Å². The van der Waals surface area contributed by atoms with Crippen LogP contribution in [0.15, 0.2) is 24.3 Å². The van der Waals surface area contributed by atoms with E-state index in [2.05, 4.69) is 22.9 Å². The SMILES string of the molecule is CCCCCCC(=O)NC(=S)Nc1ccccc1C(=O)NCCOC. The summed E-state index contributed by atoms with van der Waals surface area (Å²) in [5.41, 5.74) is 1.01. The monoisotopic (exact) mass is 365 g/mol. The van der Waals surface area contributed by atoms with Gasteiger partial charge in [-0.1, -0.05) is 38.3 Å². The maximum atomic E-state index is 12.2.